The highest BCUT2D eigenvalue weighted by Gasteiger charge is 2.36. The lowest BCUT2D eigenvalue weighted by Gasteiger charge is -2.24. The van der Waals surface area contributed by atoms with Crippen molar-refractivity contribution in [2.24, 2.45) is 5.92 Å². The Hall–Kier alpha value is -0.900. The zero-order chi connectivity index (χ0) is 12.3. The first-order valence-electron chi connectivity index (χ1n) is 5.98. The zero-order valence-electron chi connectivity index (χ0n) is 10.6. The summed E-state index contributed by atoms with van der Waals surface area (Å²) < 4.78 is 0. The highest BCUT2D eigenvalue weighted by Crippen LogP contribution is 2.25. The van der Waals surface area contributed by atoms with Crippen LogP contribution in [0.25, 0.3) is 0 Å². The van der Waals surface area contributed by atoms with E-state index in [0.29, 0.717) is 5.92 Å². The van der Waals surface area contributed by atoms with Crippen molar-refractivity contribution in [1.29, 1.82) is 0 Å². The van der Waals surface area contributed by atoms with Gasteiger partial charge in [-0.05, 0) is 39.8 Å². The molecule has 1 N–H and O–H groups in total. The summed E-state index contributed by atoms with van der Waals surface area (Å²) in [7, 11) is 1.97. The zero-order valence-corrected chi connectivity index (χ0v) is 10.6. The second-order valence-electron chi connectivity index (χ2n) is 4.72. The maximum absolute atomic E-state index is 12.0. The molecule has 4 heteroatoms. The van der Waals surface area contributed by atoms with E-state index < -0.39 is 0 Å². The van der Waals surface area contributed by atoms with Gasteiger partial charge >= 0.3 is 0 Å². The second-order valence-corrected chi connectivity index (χ2v) is 4.72. The molecule has 3 atom stereocenters. The number of hydrogen-bond acceptors (Lipinski definition) is 3. The van der Waals surface area contributed by atoms with Crippen LogP contribution in [0.1, 0.15) is 33.6 Å². The smallest absolute Gasteiger partial charge is 0.238 e. The number of amides is 1. The van der Waals surface area contributed by atoms with Crippen molar-refractivity contribution in [2.75, 3.05) is 13.6 Å². The van der Waals surface area contributed by atoms with Crippen LogP contribution in [0, 0.1) is 5.92 Å². The molecule has 0 bridgehead atoms. The summed E-state index contributed by atoms with van der Waals surface area (Å²) in [6.45, 7) is 6.31. The minimum atomic E-state index is -0.376. The average Bonchev–Trinajstić information content (AvgIpc) is 2.59. The van der Waals surface area contributed by atoms with Crippen LogP contribution in [0.5, 0.6) is 0 Å². The number of carbonyl (C=O) groups excluding carboxylic acids is 2. The Labute approximate surface area is 97.4 Å². The Kier molecular flexibility index (Phi) is 4.47. The van der Waals surface area contributed by atoms with E-state index in [0.717, 1.165) is 19.4 Å². The Balaban J connectivity index is 2.61. The van der Waals surface area contributed by atoms with Gasteiger partial charge in [-0.2, -0.15) is 0 Å². The summed E-state index contributed by atoms with van der Waals surface area (Å²) in [5.41, 5.74) is 0. The Bertz CT molecular complexity index is 278. The summed E-state index contributed by atoms with van der Waals surface area (Å²) >= 11 is 0. The largest absolute Gasteiger partial charge is 0.345 e. The lowest BCUT2D eigenvalue weighted by molar-refractivity contribution is -0.130. The van der Waals surface area contributed by atoms with E-state index in [1.807, 2.05) is 7.05 Å². The van der Waals surface area contributed by atoms with E-state index in [9.17, 15) is 9.59 Å². The molecule has 1 heterocycles. The van der Waals surface area contributed by atoms with Crippen molar-refractivity contribution in [3.63, 3.8) is 0 Å². The van der Waals surface area contributed by atoms with Crippen molar-refractivity contribution in [2.45, 2.75) is 45.7 Å². The fourth-order valence-electron chi connectivity index (χ4n) is 2.27. The first kappa shape index (κ1) is 13.2. The van der Waals surface area contributed by atoms with Crippen LogP contribution in [0.3, 0.4) is 0 Å². The molecule has 1 aliphatic heterocycles. The summed E-state index contributed by atoms with van der Waals surface area (Å²) in [6.07, 6.45) is 2.08. The molecule has 4 nitrogen and oxygen atoms in total. The van der Waals surface area contributed by atoms with Gasteiger partial charge in [0.1, 0.15) is 0 Å². The van der Waals surface area contributed by atoms with Crippen LogP contribution in [0.15, 0.2) is 0 Å². The number of hydrogen-bond donors (Lipinski definition) is 1. The van der Waals surface area contributed by atoms with Gasteiger partial charge in [0.15, 0.2) is 5.78 Å². The molecule has 0 aromatic rings. The monoisotopic (exact) mass is 226 g/mol. The first-order chi connectivity index (χ1) is 7.47. The van der Waals surface area contributed by atoms with E-state index in [2.05, 4.69) is 17.1 Å². The number of rotatable bonds is 4. The van der Waals surface area contributed by atoms with Crippen LogP contribution in [0.2, 0.25) is 0 Å². The third-order valence-corrected chi connectivity index (χ3v) is 3.54. The second kappa shape index (κ2) is 5.43. The van der Waals surface area contributed by atoms with Crippen LogP contribution in [-0.2, 0) is 9.59 Å². The molecular formula is C12H22N2O2. The molecule has 0 saturated carbocycles. The molecule has 92 valence electrons. The highest BCUT2D eigenvalue weighted by atomic mass is 16.2. The number of ketones is 1. The minimum absolute atomic E-state index is 0.00190. The number of likely N-dealkylation sites (tertiary alicyclic amines) is 1. The molecule has 3 unspecified atom stereocenters. The standard InChI is InChI=1S/C12H22N2O2/c1-5-10-6-7-14(4)11(10)12(16)13-8(2)9(3)15/h8,10-11H,5-7H2,1-4H3,(H,13,16). The predicted molar refractivity (Wildman–Crippen MR) is 63.1 cm³/mol. The van der Waals surface area contributed by atoms with Crippen LogP contribution in [-0.4, -0.2) is 42.3 Å². The SMILES string of the molecule is CCC1CCN(C)C1C(=O)NC(C)C(C)=O. The van der Waals surface area contributed by atoms with Crippen molar-refractivity contribution in [3.05, 3.63) is 0 Å². The number of carbonyl (C=O) groups is 2. The lowest BCUT2D eigenvalue weighted by atomic mass is 9.96. The lowest BCUT2D eigenvalue weighted by Crippen LogP contribution is -2.49. The van der Waals surface area contributed by atoms with E-state index in [-0.39, 0.29) is 23.8 Å². The summed E-state index contributed by atoms with van der Waals surface area (Å²) in [4.78, 5) is 25.2. The summed E-state index contributed by atoms with van der Waals surface area (Å²) in [5, 5.41) is 2.79. The molecular weight excluding hydrogens is 204 g/mol. The molecule has 1 fully saturated rings. The van der Waals surface area contributed by atoms with Crippen molar-refractivity contribution < 1.29 is 9.59 Å². The quantitative estimate of drug-likeness (QED) is 0.771. The van der Waals surface area contributed by atoms with Gasteiger partial charge in [-0.3, -0.25) is 14.5 Å². The van der Waals surface area contributed by atoms with Gasteiger partial charge in [0.25, 0.3) is 0 Å². The molecule has 0 aromatic carbocycles. The van der Waals surface area contributed by atoms with Crippen molar-refractivity contribution in [1.82, 2.24) is 10.2 Å². The van der Waals surface area contributed by atoms with Crippen molar-refractivity contribution >= 4 is 11.7 Å². The number of nitrogens with one attached hydrogen (secondary N) is 1. The van der Waals surface area contributed by atoms with Crippen LogP contribution >= 0.6 is 0 Å². The summed E-state index contributed by atoms with van der Waals surface area (Å²) in [5.74, 6) is 0.417. The molecule has 1 amide bonds. The Morgan fingerprint density at radius 3 is 2.62 bits per heavy atom. The highest BCUT2D eigenvalue weighted by molar-refractivity contribution is 5.89. The van der Waals surface area contributed by atoms with E-state index >= 15 is 0 Å². The fraction of sp³-hybridized carbons (Fsp3) is 0.833. The van der Waals surface area contributed by atoms with Crippen LogP contribution in [0.4, 0.5) is 0 Å². The third kappa shape index (κ3) is 2.82. The Morgan fingerprint density at radius 1 is 1.50 bits per heavy atom. The normalized spacial score (nSPS) is 27.8. The predicted octanol–water partition coefficient (Wildman–Crippen LogP) is 0.810. The van der Waals surface area contributed by atoms with E-state index in [1.165, 1.54) is 6.92 Å². The maximum Gasteiger partial charge on any atom is 0.238 e. The minimum Gasteiger partial charge on any atom is -0.345 e. The fourth-order valence-corrected chi connectivity index (χ4v) is 2.27. The number of likely N-dealkylation sites (N-methyl/N-ethyl adjacent to an activating group) is 1. The van der Waals surface area contributed by atoms with Gasteiger partial charge in [0, 0.05) is 0 Å². The van der Waals surface area contributed by atoms with Gasteiger partial charge in [-0.25, -0.2) is 0 Å². The molecule has 0 radical (unpaired) electrons. The third-order valence-electron chi connectivity index (χ3n) is 3.54. The van der Waals surface area contributed by atoms with Gasteiger partial charge in [-0.1, -0.05) is 13.3 Å². The van der Waals surface area contributed by atoms with Gasteiger partial charge in [0.2, 0.25) is 5.91 Å². The molecule has 1 aliphatic rings. The maximum atomic E-state index is 12.0. The topological polar surface area (TPSA) is 49.4 Å². The summed E-state index contributed by atoms with van der Waals surface area (Å²) in [6, 6.07) is -0.439. The van der Waals surface area contributed by atoms with E-state index in [1.54, 1.807) is 6.92 Å². The molecule has 1 saturated heterocycles. The molecule has 16 heavy (non-hydrogen) atoms. The Morgan fingerprint density at radius 2 is 2.12 bits per heavy atom. The number of nitrogens with zero attached hydrogens (tertiary/aromatic N) is 1. The van der Waals surface area contributed by atoms with Gasteiger partial charge < -0.3 is 5.32 Å². The average molecular weight is 226 g/mol. The first-order valence-corrected chi connectivity index (χ1v) is 5.98. The molecule has 0 aromatic heterocycles. The molecule has 1 rings (SSSR count). The molecule has 0 spiro atoms. The van der Waals surface area contributed by atoms with Gasteiger partial charge in [0.05, 0.1) is 12.1 Å². The van der Waals surface area contributed by atoms with Crippen molar-refractivity contribution in [3.8, 4) is 0 Å². The molecule has 0 aliphatic carbocycles. The van der Waals surface area contributed by atoms with Gasteiger partial charge in [-0.15, -0.1) is 0 Å². The van der Waals surface area contributed by atoms with E-state index in [4.69, 9.17) is 0 Å². The van der Waals surface area contributed by atoms with Crippen LogP contribution < -0.4 is 5.32 Å². The number of Topliss-reactive ketones (excluding diaryl/α,β-unsaturated/α-hetero) is 1.